The summed E-state index contributed by atoms with van der Waals surface area (Å²) in [5.41, 5.74) is 0. The number of aliphatic carboxylic acids is 1. The van der Waals surface area contributed by atoms with E-state index in [4.69, 9.17) is 5.11 Å². The van der Waals surface area contributed by atoms with Gasteiger partial charge in [0.25, 0.3) is 0 Å². The van der Waals surface area contributed by atoms with E-state index >= 15 is 0 Å². The number of amides is 3. The van der Waals surface area contributed by atoms with Gasteiger partial charge < -0.3 is 20.2 Å². The second kappa shape index (κ2) is 8.49. The van der Waals surface area contributed by atoms with Crippen LogP contribution in [-0.4, -0.2) is 65.0 Å². The third kappa shape index (κ3) is 5.61. The summed E-state index contributed by atoms with van der Waals surface area (Å²) in [5, 5.41) is 11.7. The van der Waals surface area contributed by atoms with E-state index in [9.17, 15) is 14.4 Å². The van der Waals surface area contributed by atoms with Crippen LogP contribution in [0.15, 0.2) is 0 Å². The quantitative estimate of drug-likeness (QED) is 0.789. The minimum absolute atomic E-state index is 0.00335. The highest BCUT2D eigenvalue weighted by molar-refractivity contribution is 5.82. The fraction of sp³-hybridized carbons (Fsp3) is 0.786. The number of urea groups is 1. The number of hydrogen-bond donors (Lipinski definition) is 2. The predicted molar refractivity (Wildman–Crippen MR) is 77.9 cm³/mol. The standard InChI is InChI=1S/C14H25N3O4/c1-3-4-6-12(13(19)20)15-14(21)17-8-5-7-16(9-10-17)11(2)18/h12H,3-10H2,1-2H3,(H,15,21)(H,19,20). The summed E-state index contributed by atoms with van der Waals surface area (Å²) >= 11 is 0. The fourth-order valence-electron chi connectivity index (χ4n) is 2.34. The zero-order valence-corrected chi connectivity index (χ0v) is 12.8. The van der Waals surface area contributed by atoms with Crippen LogP contribution in [0.4, 0.5) is 4.79 Å². The number of carboxylic acids is 1. The highest BCUT2D eigenvalue weighted by atomic mass is 16.4. The van der Waals surface area contributed by atoms with Crippen molar-refractivity contribution >= 4 is 17.9 Å². The first-order valence-corrected chi connectivity index (χ1v) is 7.49. The van der Waals surface area contributed by atoms with Gasteiger partial charge in [0.05, 0.1) is 0 Å². The first-order valence-electron chi connectivity index (χ1n) is 7.49. The fourth-order valence-corrected chi connectivity index (χ4v) is 2.34. The van der Waals surface area contributed by atoms with E-state index in [-0.39, 0.29) is 11.9 Å². The highest BCUT2D eigenvalue weighted by Crippen LogP contribution is 2.06. The Bertz CT molecular complexity index is 386. The van der Waals surface area contributed by atoms with Crippen LogP contribution in [0.3, 0.4) is 0 Å². The molecule has 0 aromatic heterocycles. The average Bonchev–Trinajstić information content (AvgIpc) is 2.68. The van der Waals surface area contributed by atoms with Gasteiger partial charge in [-0.2, -0.15) is 0 Å². The summed E-state index contributed by atoms with van der Waals surface area (Å²) < 4.78 is 0. The Balaban J connectivity index is 2.53. The summed E-state index contributed by atoms with van der Waals surface area (Å²) in [6.45, 7) is 5.60. The number of rotatable bonds is 5. The molecule has 1 rings (SSSR count). The van der Waals surface area contributed by atoms with Gasteiger partial charge >= 0.3 is 12.0 Å². The minimum Gasteiger partial charge on any atom is -0.480 e. The third-order valence-corrected chi connectivity index (χ3v) is 3.67. The van der Waals surface area contributed by atoms with Gasteiger partial charge in [0.1, 0.15) is 6.04 Å². The molecule has 1 aliphatic heterocycles. The van der Waals surface area contributed by atoms with Gasteiger partial charge in [-0.25, -0.2) is 9.59 Å². The van der Waals surface area contributed by atoms with Gasteiger partial charge in [-0.15, -0.1) is 0 Å². The lowest BCUT2D eigenvalue weighted by atomic mass is 10.1. The van der Waals surface area contributed by atoms with E-state index in [0.29, 0.717) is 39.0 Å². The molecule has 120 valence electrons. The molecule has 0 aromatic carbocycles. The number of carbonyl (C=O) groups is 3. The molecule has 1 unspecified atom stereocenters. The van der Waals surface area contributed by atoms with E-state index < -0.39 is 12.0 Å². The first-order chi connectivity index (χ1) is 9.95. The Morgan fingerprint density at radius 2 is 1.76 bits per heavy atom. The van der Waals surface area contributed by atoms with Crippen LogP contribution in [0.5, 0.6) is 0 Å². The molecule has 0 aliphatic carbocycles. The van der Waals surface area contributed by atoms with E-state index in [1.54, 1.807) is 9.80 Å². The Hall–Kier alpha value is -1.79. The minimum atomic E-state index is -1.00. The number of nitrogens with zero attached hydrogens (tertiary/aromatic N) is 2. The number of carbonyl (C=O) groups excluding carboxylic acids is 2. The summed E-state index contributed by atoms with van der Waals surface area (Å²) in [7, 11) is 0. The van der Waals surface area contributed by atoms with Gasteiger partial charge in [0, 0.05) is 33.1 Å². The molecular weight excluding hydrogens is 274 g/mol. The molecule has 0 saturated carbocycles. The smallest absolute Gasteiger partial charge is 0.326 e. The zero-order chi connectivity index (χ0) is 15.8. The van der Waals surface area contributed by atoms with Crippen LogP contribution in [0.1, 0.15) is 39.5 Å². The molecule has 0 bridgehead atoms. The molecule has 3 amide bonds. The van der Waals surface area contributed by atoms with Crippen molar-refractivity contribution in [2.75, 3.05) is 26.2 Å². The molecule has 0 spiro atoms. The SMILES string of the molecule is CCCCC(NC(=O)N1CCCN(C(C)=O)CC1)C(=O)O. The Morgan fingerprint density at radius 3 is 2.33 bits per heavy atom. The monoisotopic (exact) mass is 299 g/mol. The number of carboxylic acid groups (broad SMARTS) is 1. The van der Waals surface area contributed by atoms with Crippen LogP contribution in [0, 0.1) is 0 Å². The summed E-state index contributed by atoms with van der Waals surface area (Å²) in [6, 6.07) is -1.20. The maximum atomic E-state index is 12.2. The van der Waals surface area contributed by atoms with Crippen molar-refractivity contribution in [1.82, 2.24) is 15.1 Å². The average molecular weight is 299 g/mol. The van der Waals surface area contributed by atoms with Gasteiger partial charge in [-0.05, 0) is 12.8 Å². The van der Waals surface area contributed by atoms with E-state index in [0.717, 1.165) is 12.8 Å². The lowest BCUT2D eigenvalue weighted by molar-refractivity contribution is -0.139. The molecular formula is C14H25N3O4. The van der Waals surface area contributed by atoms with Crippen LogP contribution in [0.25, 0.3) is 0 Å². The van der Waals surface area contributed by atoms with Gasteiger partial charge in [-0.3, -0.25) is 4.79 Å². The lowest BCUT2D eigenvalue weighted by Gasteiger charge is -2.24. The Kier molecular flexibility index (Phi) is 6.98. The van der Waals surface area contributed by atoms with Crippen molar-refractivity contribution in [1.29, 1.82) is 0 Å². The third-order valence-electron chi connectivity index (χ3n) is 3.67. The molecule has 1 fully saturated rings. The van der Waals surface area contributed by atoms with E-state index in [1.807, 2.05) is 6.92 Å². The predicted octanol–water partition coefficient (Wildman–Crippen LogP) is 0.894. The molecule has 1 aliphatic rings. The number of nitrogens with one attached hydrogen (secondary N) is 1. The van der Waals surface area contributed by atoms with Crippen molar-refractivity contribution in [3.8, 4) is 0 Å². The van der Waals surface area contributed by atoms with E-state index in [1.165, 1.54) is 6.92 Å². The zero-order valence-electron chi connectivity index (χ0n) is 12.8. The molecule has 1 heterocycles. The van der Waals surface area contributed by atoms with Crippen molar-refractivity contribution in [3.05, 3.63) is 0 Å². The second-order valence-corrected chi connectivity index (χ2v) is 5.33. The maximum Gasteiger partial charge on any atom is 0.326 e. The van der Waals surface area contributed by atoms with Crippen LogP contribution in [-0.2, 0) is 9.59 Å². The topological polar surface area (TPSA) is 90.0 Å². The summed E-state index contributed by atoms with van der Waals surface area (Å²) in [4.78, 5) is 37.9. The maximum absolute atomic E-state index is 12.2. The molecule has 0 radical (unpaired) electrons. The van der Waals surface area contributed by atoms with Crippen LogP contribution in [0.2, 0.25) is 0 Å². The van der Waals surface area contributed by atoms with Crippen molar-refractivity contribution in [2.45, 2.75) is 45.6 Å². The van der Waals surface area contributed by atoms with Crippen LogP contribution >= 0.6 is 0 Å². The number of unbranched alkanes of at least 4 members (excludes halogenated alkanes) is 1. The number of hydrogen-bond acceptors (Lipinski definition) is 3. The highest BCUT2D eigenvalue weighted by Gasteiger charge is 2.24. The summed E-state index contributed by atoms with van der Waals surface area (Å²) in [5.74, 6) is -0.999. The Morgan fingerprint density at radius 1 is 1.14 bits per heavy atom. The molecule has 21 heavy (non-hydrogen) atoms. The van der Waals surface area contributed by atoms with Crippen molar-refractivity contribution < 1.29 is 19.5 Å². The normalized spacial score (nSPS) is 17.0. The Labute approximate surface area is 125 Å². The lowest BCUT2D eigenvalue weighted by Crippen LogP contribution is -2.49. The molecule has 7 nitrogen and oxygen atoms in total. The van der Waals surface area contributed by atoms with E-state index in [2.05, 4.69) is 5.32 Å². The molecule has 1 saturated heterocycles. The van der Waals surface area contributed by atoms with Crippen molar-refractivity contribution in [3.63, 3.8) is 0 Å². The molecule has 1 atom stereocenters. The van der Waals surface area contributed by atoms with Gasteiger partial charge in [0.2, 0.25) is 5.91 Å². The summed E-state index contributed by atoms with van der Waals surface area (Å²) in [6.07, 6.45) is 2.79. The second-order valence-electron chi connectivity index (χ2n) is 5.33. The largest absolute Gasteiger partial charge is 0.480 e. The molecule has 0 aromatic rings. The van der Waals surface area contributed by atoms with Gasteiger partial charge in [-0.1, -0.05) is 19.8 Å². The van der Waals surface area contributed by atoms with Crippen LogP contribution < -0.4 is 5.32 Å². The van der Waals surface area contributed by atoms with Crippen molar-refractivity contribution in [2.24, 2.45) is 0 Å². The van der Waals surface area contributed by atoms with Gasteiger partial charge in [0.15, 0.2) is 0 Å². The first kappa shape index (κ1) is 17.3. The molecule has 2 N–H and O–H groups in total. The molecule has 7 heteroatoms.